The van der Waals surface area contributed by atoms with Gasteiger partial charge in [-0.05, 0) is 68.0 Å². The fourth-order valence-corrected chi connectivity index (χ4v) is 7.26. The molecule has 3 N–H and O–H groups in total. The Balaban J connectivity index is 1.31. The number of nitrogens with one attached hydrogen (secondary N) is 3. The summed E-state index contributed by atoms with van der Waals surface area (Å²) in [6, 6.07) is 27.5. The molecule has 1 atom stereocenters. The van der Waals surface area contributed by atoms with E-state index in [1.54, 1.807) is 24.3 Å². The first-order valence-corrected chi connectivity index (χ1v) is 17.9. The van der Waals surface area contributed by atoms with Gasteiger partial charge in [0.05, 0.1) is 6.26 Å². The van der Waals surface area contributed by atoms with Gasteiger partial charge in [0.15, 0.2) is 5.13 Å². The molecular formula is C33H38ClN5O3S2. The average molecular weight is 652 g/mol. The van der Waals surface area contributed by atoms with E-state index in [0.717, 1.165) is 44.2 Å². The number of nitrogens with zero attached hydrogens (tertiary/aromatic N) is 2. The number of carbonyl (C=O) groups excluding carboxylic acids is 1. The summed E-state index contributed by atoms with van der Waals surface area (Å²) >= 11 is 7.77. The second-order valence-electron chi connectivity index (χ2n) is 11.2. The van der Waals surface area contributed by atoms with E-state index >= 15 is 0 Å². The molecule has 1 saturated heterocycles. The van der Waals surface area contributed by atoms with Gasteiger partial charge in [0.1, 0.15) is 10.0 Å². The number of piperidine rings is 1. The highest BCUT2D eigenvalue weighted by molar-refractivity contribution is 7.92. The summed E-state index contributed by atoms with van der Waals surface area (Å²) in [5, 5.41) is 6.91. The van der Waals surface area contributed by atoms with Crippen molar-refractivity contribution in [2.24, 2.45) is 5.92 Å². The molecule has 1 aliphatic heterocycles. The molecule has 1 fully saturated rings. The van der Waals surface area contributed by atoms with Gasteiger partial charge in [-0.3, -0.25) is 10.0 Å². The van der Waals surface area contributed by atoms with E-state index in [1.165, 1.54) is 28.9 Å². The Bertz CT molecular complexity index is 1570. The fourth-order valence-electron chi connectivity index (χ4n) is 5.62. The summed E-state index contributed by atoms with van der Waals surface area (Å²) in [5.41, 5.74) is 4.16. The van der Waals surface area contributed by atoms with Gasteiger partial charge in [0.25, 0.3) is 0 Å². The molecule has 2 amide bonds. The van der Waals surface area contributed by atoms with Gasteiger partial charge in [-0.1, -0.05) is 95.7 Å². The number of aromatic nitrogens is 1. The molecule has 1 aliphatic rings. The van der Waals surface area contributed by atoms with Gasteiger partial charge < -0.3 is 10.2 Å². The lowest BCUT2D eigenvalue weighted by Crippen LogP contribution is -2.39. The van der Waals surface area contributed by atoms with Crippen molar-refractivity contribution >= 4 is 49.8 Å². The lowest BCUT2D eigenvalue weighted by Gasteiger charge is -2.29. The minimum atomic E-state index is -3.38. The van der Waals surface area contributed by atoms with Gasteiger partial charge >= 0.3 is 6.03 Å². The molecule has 0 saturated carbocycles. The zero-order valence-corrected chi connectivity index (χ0v) is 27.1. The number of rotatable bonds is 12. The maximum atomic E-state index is 13.8. The monoisotopic (exact) mass is 651 g/mol. The molecule has 0 spiro atoms. The van der Waals surface area contributed by atoms with E-state index < -0.39 is 10.0 Å². The van der Waals surface area contributed by atoms with E-state index in [-0.39, 0.29) is 11.9 Å². The molecule has 8 nitrogen and oxygen atoms in total. The quantitative estimate of drug-likeness (QED) is 0.149. The number of amides is 2. The number of thiazole rings is 1. The van der Waals surface area contributed by atoms with Crippen molar-refractivity contribution in [3.05, 3.63) is 100 Å². The van der Waals surface area contributed by atoms with Crippen LogP contribution in [-0.2, 0) is 10.0 Å². The minimum absolute atomic E-state index is 0.158. The number of benzene rings is 3. The number of sulfonamides is 1. The van der Waals surface area contributed by atoms with E-state index in [1.807, 2.05) is 17.0 Å². The number of hydrogen-bond donors (Lipinski definition) is 3. The van der Waals surface area contributed by atoms with E-state index in [9.17, 15) is 13.2 Å². The van der Waals surface area contributed by atoms with Crippen LogP contribution < -0.4 is 15.4 Å². The Labute approximate surface area is 268 Å². The number of urea groups is 1. The van der Waals surface area contributed by atoms with Gasteiger partial charge in [-0.25, -0.2) is 18.2 Å². The zero-order valence-electron chi connectivity index (χ0n) is 24.7. The van der Waals surface area contributed by atoms with Crippen molar-refractivity contribution in [3.8, 4) is 11.3 Å². The number of anilines is 2. The lowest BCUT2D eigenvalue weighted by atomic mass is 9.88. The van der Waals surface area contributed by atoms with Crippen LogP contribution in [0.25, 0.3) is 11.3 Å². The Kier molecular flexibility index (Phi) is 10.9. The number of halogens is 1. The molecule has 1 unspecified atom stereocenters. The minimum Gasteiger partial charge on any atom is -0.324 e. The van der Waals surface area contributed by atoms with Crippen molar-refractivity contribution in [2.45, 2.75) is 31.6 Å². The molecule has 1 aromatic heterocycles. The molecule has 0 bridgehead atoms. The lowest BCUT2D eigenvalue weighted by molar-refractivity contribution is 0.202. The van der Waals surface area contributed by atoms with Crippen LogP contribution in [0.3, 0.4) is 0 Å². The third kappa shape index (κ3) is 9.04. The van der Waals surface area contributed by atoms with Crippen LogP contribution in [-0.4, -0.2) is 56.8 Å². The summed E-state index contributed by atoms with van der Waals surface area (Å²) in [7, 11) is -3.38. The molecule has 0 radical (unpaired) electrons. The van der Waals surface area contributed by atoms with Crippen LogP contribution in [0.4, 0.5) is 15.6 Å². The van der Waals surface area contributed by atoms with Crippen LogP contribution in [0, 0.1) is 5.92 Å². The fraction of sp³-hybridized carbons (Fsp3) is 0.333. The van der Waals surface area contributed by atoms with Gasteiger partial charge in [-0.2, -0.15) is 0 Å². The van der Waals surface area contributed by atoms with Crippen molar-refractivity contribution in [3.63, 3.8) is 0 Å². The van der Waals surface area contributed by atoms with E-state index in [4.69, 9.17) is 11.6 Å². The molecule has 5 rings (SSSR count). The number of hydrogen-bond acceptors (Lipinski definition) is 6. The molecule has 44 heavy (non-hydrogen) atoms. The second-order valence-corrected chi connectivity index (χ2v) is 14.5. The van der Waals surface area contributed by atoms with Gasteiger partial charge in [0.2, 0.25) is 10.0 Å². The van der Waals surface area contributed by atoms with Crippen molar-refractivity contribution < 1.29 is 13.2 Å². The first-order chi connectivity index (χ1) is 21.2. The summed E-state index contributed by atoms with van der Waals surface area (Å²) in [6.07, 6.45) is 5.14. The summed E-state index contributed by atoms with van der Waals surface area (Å²) in [4.78, 5) is 20.3. The normalized spacial score (nSPS) is 15.2. The molecular weight excluding hydrogens is 614 g/mol. The predicted molar refractivity (Wildman–Crippen MR) is 181 cm³/mol. The zero-order chi connectivity index (χ0) is 30.9. The Morgan fingerprint density at radius 3 is 2.27 bits per heavy atom. The van der Waals surface area contributed by atoms with Crippen molar-refractivity contribution in [1.29, 1.82) is 0 Å². The maximum Gasteiger partial charge on any atom is 0.323 e. The Hall–Kier alpha value is -3.44. The van der Waals surface area contributed by atoms with Crippen molar-refractivity contribution in [2.75, 3.05) is 42.5 Å². The summed E-state index contributed by atoms with van der Waals surface area (Å²) < 4.78 is 26.0. The van der Waals surface area contributed by atoms with Crippen LogP contribution in [0.2, 0.25) is 4.34 Å². The molecule has 11 heteroatoms. The van der Waals surface area contributed by atoms with Crippen molar-refractivity contribution in [1.82, 2.24) is 15.2 Å². The van der Waals surface area contributed by atoms with Crippen LogP contribution in [0.5, 0.6) is 0 Å². The summed E-state index contributed by atoms with van der Waals surface area (Å²) in [5.74, 6) is 0.698. The SMILES string of the molecule is CS(=O)(=O)Nc1ccc(-c2nc(NC(=O)N(CCC3CCCNC3)CCC(c3ccccc3)c3ccccc3)sc2Cl)cc1. The van der Waals surface area contributed by atoms with Crippen LogP contribution in [0.1, 0.15) is 42.7 Å². The first kappa shape index (κ1) is 32.0. The topological polar surface area (TPSA) is 103 Å². The average Bonchev–Trinajstić information content (AvgIpc) is 3.39. The van der Waals surface area contributed by atoms with E-state index in [0.29, 0.717) is 39.9 Å². The molecule has 0 aliphatic carbocycles. The standard InChI is InChI=1S/C33H38ClN5O3S2/c1-44(41,42)38-28-16-14-27(15-17-28)30-31(34)43-32(36-30)37-33(40)39(21-18-24-9-8-20-35-23-24)22-19-29(25-10-4-2-5-11-25)26-12-6-3-7-13-26/h2-7,10-17,24,29,35,38H,8-9,18-23H2,1H3,(H,36,37,40). The van der Waals surface area contributed by atoms with Gasteiger partial charge in [-0.15, -0.1) is 0 Å². The maximum absolute atomic E-state index is 13.8. The van der Waals surface area contributed by atoms with Gasteiger partial charge in [0, 0.05) is 30.3 Å². The Morgan fingerprint density at radius 1 is 1.02 bits per heavy atom. The van der Waals surface area contributed by atoms with E-state index in [2.05, 4.69) is 68.9 Å². The Morgan fingerprint density at radius 2 is 1.68 bits per heavy atom. The first-order valence-electron chi connectivity index (χ1n) is 14.9. The highest BCUT2D eigenvalue weighted by Crippen LogP contribution is 2.36. The van der Waals surface area contributed by atoms with Crippen LogP contribution in [0.15, 0.2) is 84.9 Å². The molecule has 3 aromatic carbocycles. The summed E-state index contributed by atoms with van der Waals surface area (Å²) in [6.45, 7) is 3.27. The highest BCUT2D eigenvalue weighted by atomic mass is 35.5. The highest BCUT2D eigenvalue weighted by Gasteiger charge is 2.23. The molecule has 2 heterocycles. The molecule has 4 aromatic rings. The third-order valence-corrected chi connectivity index (χ3v) is 9.62. The largest absolute Gasteiger partial charge is 0.324 e. The van der Waals surface area contributed by atoms with Crippen LogP contribution >= 0.6 is 22.9 Å². The predicted octanol–water partition coefficient (Wildman–Crippen LogP) is 7.28. The smallest absolute Gasteiger partial charge is 0.323 e. The third-order valence-electron chi connectivity index (χ3n) is 7.85. The second kappa shape index (κ2) is 15.0. The molecule has 232 valence electrons. The number of carbonyl (C=O) groups is 1.